The molecule has 7 heteroatoms. The van der Waals surface area contributed by atoms with Gasteiger partial charge in [-0.1, -0.05) is 6.92 Å². The minimum atomic E-state index is -0.593. The summed E-state index contributed by atoms with van der Waals surface area (Å²) in [6.45, 7) is 2.20. The second-order valence-electron chi connectivity index (χ2n) is 5.56. The molecule has 0 aliphatic heterocycles. The molecule has 0 spiro atoms. The molecule has 2 aromatic carbocycles. The smallest absolute Gasteiger partial charge is 0.338 e. The number of amides is 1. The highest BCUT2D eigenvalue weighted by molar-refractivity contribution is 5.96. The lowest BCUT2D eigenvalue weighted by Crippen LogP contribution is -2.21. The standard InChI is InChI=1S/C20H23NO6/c1-4-11-26-15-7-5-14(6-8-15)20(23)27-13-19(22)21-17-12-16(24-2)9-10-18(17)25-3/h5-10,12H,4,11,13H2,1-3H3,(H,21,22). The van der Waals surface area contributed by atoms with Crippen LogP contribution in [0.25, 0.3) is 0 Å². The van der Waals surface area contributed by atoms with Crippen LogP contribution in [0.2, 0.25) is 0 Å². The van der Waals surface area contributed by atoms with E-state index in [1.807, 2.05) is 6.92 Å². The maximum absolute atomic E-state index is 12.1. The van der Waals surface area contributed by atoms with Gasteiger partial charge in [0, 0.05) is 6.07 Å². The Morgan fingerprint density at radius 3 is 2.30 bits per heavy atom. The fraction of sp³-hybridized carbons (Fsp3) is 0.300. The van der Waals surface area contributed by atoms with Gasteiger partial charge in [0.05, 0.1) is 32.1 Å². The van der Waals surface area contributed by atoms with Crippen LogP contribution in [0, 0.1) is 0 Å². The molecular weight excluding hydrogens is 350 g/mol. The Morgan fingerprint density at radius 2 is 1.67 bits per heavy atom. The molecule has 7 nitrogen and oxygen atoms in total. The van der Waals surface area contributed by atoms with Crippen molar-refractivity contribution in [3.05, 3.63) is 48.0 Å². The van der Waals surface area contributed by atoms with Crippen LogP contribution < -0.4 is 19.5 Å². The molecule has 0 aromatic heterocycles. The summed E-state index contributed by atoms with van der Waals surface area (Å²) in [5, 5.41) is 2.63. The average molecular weight is 373 g/mol. The van der Waals surface area contributed by atoms with Crippen molar-refractivity contribution in [2.24, 2.45) is 0 Å². The highest BCUT2D eigenvalue weighted by Crippen LogP contribution is 2.28. The van der Waals surface area contributed by atoms with Gasteiger partial charge in [-0.2, -0.15) is 0 Å². The highest BCUT2D eigenvalue weighted by atomic mass is 16.5. The second kappa shape index (κ2) is 10.1. The first-order valence-electron chi connectivity index (χ1n) is 8.49. The summed E-state index contributed by atoms with van der Waals surface area (Å²) in [6, 6.07) is 11.6. The number of esters is 1. The van der Waals surface area contributed by atoms with Crippen molar-refractivity contribution in [2.75, 3.05) is 32.8 Å². The zero-order chi connectivity index (χ0) is 19.6. The van der Waals surface area contributed by atoms with Gasteiger partial charge in [-0.15, -0.1) is 0 Å². The number of methoxy groups -OCH3 is 2. The van der Waals surface area contributed by atoms with E-state index >= 15 is 0 Å². The molecule has 1 N–H and O–H groups in total. The molecule has 27 heavy (non-hydrogen) atoms. The third-order valence-corrected chi connectivity index (χ3v) is 3.58. The highest BCUT2D eigenvalue weighted by Gasteiger charge is 2.13. The number of carbonyl (C=O) groups is 2. The molecule has 0 heterocycles. The molecule has 0 saturated heterocycles. The van der Waals surface area contributed by atoms with Gasteiger partial charge < -0.3 is 24.3 Å². The minimum Gasteiger partial charge on any atom is -0.497 e. The third-order valence-electron chi connectivity index (χ3n) is 3.58. The van der Waals surface area contributed by atoms with Crippen molar-refractivity contribution in [2.45, 2.75) is 13.3 Å². The summed E-state index contributed by atoms with van der Waals surface area (Å²) in [5.41, 5.74) is 0.765. The number of hydrogen-bond acceptors (Lipinski definition) is 6. The third kappa shape index (κ3) is 5.91. The number of carbonyl (C=O) groups excluding carboxylic acids is 2. The van der Waals surface area contributed by atoms with Gasteiger partial charge in [0.15, 0.2) is 6.61 Å². The summed E-state index contributed by atoms with van der Waals surface area (Å²) in [4.78, 5) is 24.1. The molecule has 0 bridgehead atoms. The van der Waals surface area contributed by atoms with Crippen LogP contribution in [0.3, 0.4) is 0 Å². The number of ether oxygens (including phenoxy) is 4. The van der Waals surface area contributed by atoms with Crippen molar-refractivity contribution in [3.63, 3.8) is 0 Å². The molecule has 2 aromatic rings. The first-order valence-corrected chi connectivity index (χ1v) is 8.49. The van der Waals surface area contributed by atoms with Gasteiger partial charge in [-0.3, -0.25) is 4.79 Å². The SMILES string of the molecule is CCCOc1ccc(C(=O)OCC(=O)Nc2cc(OC)ccc2OC)cc1. The molecular formula is C20H23NO6. The maximum atomic E-state index is 12.1. The van der Waals surface area contributed by atoms with Gasteiger partial charge in [-0.05, 0) is 42.8 Å². The molecule has 0 radical (unpaired) electrons. The minimum absolute atomic E-state index is 0.339. The molecule has 144 valence electrons. The lowest BCUT2D eigenvalue weighted by molar-refractivity contribution is -0.119. The first kappa shape index (κ1) is 20.1. The van der Waals surface area contributed by atoms with Crippen LogP contribution in [-0.2, 0) is 9.53 Å². The Labute approximate surface area is 158 Å². The Hall–Kier alpha value is -3.22. The van der Waals surface area contributed by atoms with Crippen LogP contribution in [0.5, 0.6) is 17.2 Å². The van der Waals surface area contributed by atoms with Gasteiger partial charge in [-0.25, -0.2) is 4.79 Å². The normalized spacial score (nSPS) is 10.0. The van der Waals surface area contributed by atoms with Crippen molar-refractivity contribution in [3.8, 4) is 17.2 Å². The summed E-state index contributed by atoms with van der Waals surface area (Å²) in [7, 11) is 3.01. The van der Waals surface area contributed by atoms with Crippen molar-refractivity contribution < 1.29 is 28.5 Å². The van der Waals surface area contributed by atoms with Gasteiger partial charge >= 0.3 is 5.97 Å². The Morgan fingerprint density at radius 1 is 0.963 bits per heavy atom. The Balaban J connectivity index is 1.90. The fourth-order valence-electron chi connectivity index (χ4n) is 2.22. The second-order valence-corrected chi connectivity index (χ2v) is 5.56. The number of benzene rings is 2. The van der Waals surface area contributed by atoms with E-state index in [-0.39, 0.29) is 0 Å². The molecule has 0 unspecified atom stereocenters. The summed E-state index contributed by atoms with van der Waals surface area (Å²) >= 11 is 0. The summed E-state index contributed by atoms with van der Waals surface area (Å²) in [6.07, 6.45) is 0.900. The van der Waals surface area contributed by atoms with Crippen LogP contribution >= 0.6 is 0 Å². The number of anilines is 1. The molecule has 0 aliphatic rings. The zero-order valence-corrected chi connectivity index (χ0v) is 15.6. The van der Waals surface area contributed by atoms with E-state index in [1.165, 1.54) is 14.2 Å². The fourth-order valence-corrected chi connectivity index (χ4v) is 2.22. The maximum Gasteiger partial charge on any atom is 0.338 e. The van der Waals surface area contributed by atoms with Crippen LogP contribution in [0.15, 0.2) is 42.5 Å². The van der Waals surface area contributed by atoms with E-state index in [2.05, 4.69) is 5.32 Å². The molecule has 0 fully saturated rings. The molecule has 0 atom stereocenters. The molecule has 1 amide bonds. The van der Waals surface area contributed by atoms with Crippen molar-refractivity contribution in [1.82, 2.24) is 0 Å². The first-order chi connectivity index (χ1) is 13.1. The summed E-state index contributed by atoms with van der Waals surface area (Å²) < 4.78 is 20.8. The lowest BCUT2D eigenvalue weighted by atomic mass is 10.2. The van der Waals surface area contributed by atoms with E-state index in [0.717, 1.165) is 6.42 Å². The number of hydrogen-bond donors (Lipinski definition) is 1. The van der Waals surface area contributed by atoms with E-state index in [0.29, 0.717) is 35.1 Å². The Kier molecular flexibility index (Phi) is 7.49. The predicted molar refractivity (Wildman–Crippen MR) is 101 cm³/mol. The largest absolute Gasteiger partial charge is 0.497 e. The van der Waals surface area contributed by atoms with E-state index in [4.69, 9.17) is 18.9 Å². The number of rotatable bonds is 9. The predicted octanol–water partition coefficient (Wildman–Crippen LogP) is 3.29. The molecule has 0 saturated carbocycles. The van der Waals surface area contributed by atoms with Crippen LogP contribution in [0.4, 0.5) is 5.69 Å². The molecule has 0 aliphatic carbocycles. The monoisotopic (exact) mass is 373 g/mol. The molecule has 2 rings (SSSR count). The average Bonchev–Trinajstić information content (AvgIpc) is 2.70. The Bertz CT molecular complexity index is 773. The summed E-state index contributed by atoms with van der Waals surface area (Å²) in [5.74, 6) is 0.630. The number of nitrogens with one attached hydrogen (secondary N) is 1. The van der Waals surface area contributed by atoms with E-state index in [9.17, 15) is 9.59 Å². The van der Waals surface area contributed by atoms with Crippen LogP contribution in [0.1, 0.15) is 23.7 Å². The topological polar surface area (TPSA) is 83.1 Å². The quantitative estimate of drug-likeness (QED) is 0.679. The van der Waals surface area contributed by atoms with E-state index in [1.54, 1.807) is 42.5 Å². The van der Waals surface area contributed by atoms with Crippen molar-refractivity contribution in [1.29, 1.82) is 0 Å². The van der Waals surface area contributed by atoms with Crippen molar-refractivity contribution >= 4 is 17.6 Å². The van der Waals surface area contributed by atoms with Crippen LogP contribution in [-0.4, -0.2) is 39.3 Å². The van der Waals surface area contributed by atoms with Gasteiger partial charge in [0.25, 0.3) is 5.91 Å². The lowest BCUT2D eigenvalue weighted by Gasteiger charge is -2.12. The van der Waals surface area contributed by atoms with Gasteiger partial charge in [0.1, 0.15) is 17.2 Å². The van der Waals surface area contributed by atoms with Gasteiger partial charge in [0.2, 0.25) is 0 Å². The van der Waals surface area contributed by atoms with E-state index < -0.39 is 18.5 Å². The zero-order valence-electron chi connectivity index (χ0n) is 15.6.